The van der Waals surface area contributed by atoms with E-state index >= 15 is 0 Å². The molecule has 0 saturated carbocycles. The van der Waals surface area contributed by atoms with E-state index in [0.29, 0.717) is 13.1 Å². The Balaban J connectivity index is 1.30. The monoisotopic (exact) mass is 440 g/mol. The number of rotatable bonds is 5. The molecule has 1 aliphatic rings. The van der Waals surface area contributed by atoms with E-state index in [1.807, 2.05) is 45.8 Å². The molecule has 3 heterocycles. The highest BCUT2D eigenvalue weighted by atomic mass is 16.2. The summed E-state index contributed by atoms with van der Waals surface area (Å²) in [7, 11) is 0. The lowest BCUT2D eigenvalue weighted by Gasteiger charge is -2.41. The molecule has 1 N–H and O–H groups in total. The topological polar surface area (TPSA) is 65.8 Å². The minimum atomic E-state index is 0.0914. The van der Waals surface area contributed by atoms with Crippen molar-refractivity contribution in [2.24, 2.45) is 0 Å². The Morgan fingerprint density at radius 3 is 2.76 bits per heavy atom. The number of hydrogen-bond donors (Lipinski definition) is 1. The predicted octanol–water partition coefficient (Wildman–Crippen LogP) is 3.85. The lowest BCUT2D eigenvalue weighted by Crippen LogP contribution is -2.54. The van der Waals surface area contributed by atoms with Crippen LogP contribution in [0.1, 0.15) is 12.5 Å². The second-order valence-corrected chi connectivity index (χ2v) is 8.55. The minimum absolute atomic E-state index is 0.0914. The molecule has 1 unspecified atom stereocenters. The average Bonchev–Trinajstić information content (AvgIpc) is 3.21. The van der Waals surface area contributed by atoms with Gasteiger partial charge >= 0.3 is 0 Å². The minimum Gasteiger partial charge on any atom is -0.365 e. The maximum Gasteiger partial charge on any atom is 0.242 e. The Morgan fingerprint density at radius 2 is 1.97 bits per heavy atom. The first kappa shape index (κ1) is 21.0. The molecule has 33 heavy (non-hydrogen) atoms. The number of fused-ring (bicyclic) bond motifs is 1. The third kappa shape index (κ3) is 4.26. The number of anilines is 2. The molecule has 5 rings (SSSR count). The van der Waals surface area contributed by atoms with Gasteiger partial charge in [-0.3, -0.25) is 14.2 Å². The van der Waals surface area contributed by atoms with E-state index in [2.05, 4.69) is 53.3 Å². The number of carbonyl (C=O) groups excluding carboxylic acids is 1. The standard InChI is InChI=1S/C26H28N6O/c1-19-7-6-10-22(15-19)31-14-13-30(18-20(31)2)24(33)17-28-26-25(21-8-4-3-5-9-21)29-23-16-27-11-12-32(23)26/h3-12,15-16,20,28H,13-14,17-18H2,1-2H3. The molecule has 1 atom stereocenters. The second-order valence-electron chi connectivity index (χ2n) is 8.55. The Morgan fingerprint density at radius 1 is 1.12 bits per heavy atom. The maximum absolute atomic E-state index is 13.1. The van der Waals surface area contributed by atoms with E-state index < -0.39 is 0 Å². The van der Waals surface area contributed by atoms with Crippen LogP contribution in [0.15, 0.2) is 73.2 Å². The van der Waals surface area contributed by atoms with Crippen LogP contribution in [-0.4, -0.2) is 57.4 Å². The van der Waals surface area contributed by atoms with Gasteiger partial charge in [0.15, 0.2) is 5.65 Å². The molecule has 7 nitrogen and oxygen atoms in total. The van der Waals surface area contributed by atoms with Gasteiger partial charge in [0, 0.05) is 49.3 Å². The summed E-state index contributed by atoms with van der Waals surface area (Å²) in [6, 6.07) is 18.8. The van der Waals surface area contributed by atoms with Crippen molar-refractivity contribution in [3.63, 3.8) is 0 Å². The van der Waals surface area contributed by atoms with Crippen LogP contribution in [0.4, 0.5) is 11.5 Å². The molecular formula is C26H28N6O. The molecule has 168 valence electrons. The Labute approximate surface area is 193 Å². The number of aryl methyl sites for hydroxylation is 1. The number of amides is 1. The molecule has 7 heteroatoms. The normalized spacial score (nSPS) is 16.2. The Kier molecular flexibility index (Phi) is 5.69. The van der Waals surface area contributed by atoms with Crippen molar-refractivity contribution in [2.75, 3.05) is 36.4 Å². The summed E-state index contributed by atoms with van der Waals surface area (Å²) < 4.78 is 1.95. The lowest BCUT2D eigenvalue weighted by molar-refractivity contribution is -0.130. The molecule has 2 aromatic heterocycles. The van der Waals surface area contributed by atoms with Crippen molar-refractivity contribution in [3.8, 4) is 11.3 Å². The highest BCUT2D eigenvalue weighted by molar-refractivity contribution is 5.84. The molecule has 1 aliphatic heterocycles. The zero-order valence-electron chi connectivity index (χ0n) is 19.0. The first-order valence-electron chi connectivity index (χ1n) is 11.3. The van der Waals surface area contributed by atoms with E-state index in [-0.39, 0.29) is 18.5 Å². The number of aromatic nitrogens is 3. The van der Waals surface area contributed by atoms with Crippen LogP contribution in [0.3, 0.4) is 0 Å². The van der Waals surface area contributed by atoms with Gasteiger partial charge in [-0.15, -0.1) is 0 Å². The van der Waals surface area contributed by atoms with E-state index in [1.165, 1.54) is 11.3 Å². The van der Waals surface area contributed by atoms with Gasteiger partial charge in [0.2, 0.25) is 5.91 Å². The number of imidazole rings is 1. The van der Waals surface area contributed by atoms with E-state index in [9.17, 15) is 4.79 Å². The van der Waals surface area contributed by atoms with E-state index in [1.54, 1.807) is 12.4 Å². The molecule has 2 aromatic carbocycles. The van der Waals surface area contributed by atoms with Crippen LogP contribution in [0.25, 0.3) is 16.9 Å². The van der Waals surface area contributed by atoms with Gasteiger partial charge in [0.1, 0.15) is 11.5 Å². The summed E-state index contributed by atoms with van der Waals surface area (Å²) in [4.78, 5) is 26.4. The van der Waals surface area contributed by atoms with Crippen molar-refractivity contribution >= 4 is 23.1 Å². The summed E-state index contributed by atoms with van der Waals surface area (Å²) in [5.41, 5.74) is 5.02. The van der Waals surface area contributed by atoms with Crippen LogP contribution >= 0.6 is 0 Å². The number of hydrogen-bond acceptors (Lipinski definition) is 5. The Bertz CT molecular complexity index is 1270. The van der Waals surface area contributed by atoms with Gasteiger partial charge in [0.25, 0.3) is 0 Å². The van der Waals surface area contributed by atoms with Crippen LogP contribution in [0, 0.1) is 6.92 Å². The quantitative estimate of drug-likeness (QED) is 0.511. The van der Waals surface area contributed by atoms with Crippen LogP contribution in [0.5, 0.6) is 0 Å². The molecule has 0 aliphatic carbocycles. The van der Waals surface area contributed by atoms with Gasteiger partial charge in [-0.2, -0.15) is 0 Å². The number of piperazine rings is 1. The Hall–Kier alpha value is -3.87. The fraction of sp³-hybridized carbons (Fsp3) is 0.269. The molecule has 0 radical (unpaired) electrons. The first-order chi connectivity index (χ1) is 16.1. The number of nitrogens with one attached hydrogen (secondary N) is 1. The summed E-state index contributed by atoms with van der Waals surface area (Å²) in [5.74, 6) is 0.896. The van der Waals surface area contributed by atoms with Gasteiger partial charge in [-0.1, -0.05) is 42.5 Å². The molecule has 1 amide bonds. The summed E-state index contributed by atoms with van der Waals surface area (Å²) in [6.07, 6.45) is 5.32. The SMILES string of the molecule is Cc1cccc(N2CCN(C(=O)CNc3c(-c4ccccc4)nc4cnccn34)CC2C)c1. The number of carbonyl (C=O) groups is 1. The fourth-order valence-corrected chi connectivity index (χ4v) is 4.52. The molecule has 1 saturated heterocycles. The highest BCUT2D eigenvalue weighted by Crippen LogP contribution is 2.28. The third-order valence-corrected chi connectivity index (χ3v) is 6.20. The number of nitrogens with zero attached hydrogens (tertiary/aromatic N) is 5. The van der Waals surface area contributed by atoms with Gasteiger partial charge < -0.3 is 15.1 Å². The van der Waals surface area contributed by atoms with Crippen molar-refractivity contribution in [1.29, 1.82) is 0 Å². The predicted molar refractivity (Wildman–Crippen MR) is 131 cm³/mol. The summed E-state index contributed by atoms with van der Waals surface area (Å²) >= 11 is 0. The highest BCUT2D eigenvalue weighted by Gasteiger charge is 2.27. The molecule has 4 aromatic rings. The van der Waals surface area contributed by atoms with Crippen LogP contribution in [0.2, 0.25) is 0 Å². The largest absolute Gasteiger partial charge is 0.365 e. The van der Waals surface area contributed by atoms with Crippen LogP contribution in [-0.2, 0) is 4.79 Å². The van der Waals surface area contributed by atoms with Gasteiger partial charge in [0.05, 0.1) is 12.7 Å². The molecule has 0 spiro atoms. The van der Waals surface area contributed by atoms with Crippen molar-refractivity contribution in [1.82, 2.24) is 19.3 Å². The van der Waals surface area contributed by atoms with E-state index in [4.69, 9.17) is 4.98 Å². The molecule has 0 bridgehead atoms. The third-order valence-electron chi connectivity index (χ3n) is 6.20. The van der Waals surface area contributed by atoms with E-state index in [0.717, 1.165) is 29.3 Å². The summed E-state index contributed by atoms with van der Waals surface area (Å²) in [6.45, 7) is 6.75. The van der Waals surface area contributed by atoms with Crippen molar-refractivity contribution < 1.29 is 4.79 Å². The molecular weight excluding hydrogens is 412 g/mol. The molecule has 1 fully saturated rings. The van der Waals surface area contributed by atoms with Gasteiger partial charge in [-0.25, -0.2) is 4.98 Å². The first-order valence-corrected chi connectivity index (χ1v) is 11.3. The smallest absolute Gasteiger partial charge is 0.242 e. The fourth-order valence-electron chi connectivity index (χ4n) is 4.52. The zero-order valence-corrected chi connectivity index (χ0v) is 19.0. The second kappa shape index (κ2) is 8.94. The number of benzene rings is 2. The van der Waals surface area contributed by atoms with Gasteiger partial charge in [-0.05, 0) is 31.5 Å². The van der Waals surface area contributed by atoms with Crippen molar-refractivity contribution in [2.45, 2.75) is 19.9 Å². The van der Waals surface area contributed by atoms with Crippen LogP contribution < -0.4 is 10.2 Å². The summed E-state index contributed by atoms with van der Waals surface area (Å²) in [5, 5.41) is 3.36. The zero-order chi connectivity index (χ0) is 22.8. The maximum atomic E-state index is 13.1. The lowest BCUT2D eigenvalue weighted by atomic mass is 10.1. The van der Waals surface area contributed by atoms with Crippen molar-refractivity contribution in [3.05, 3.63) is 78.8 Å². The average molecular weight is 441 g/mol.